The molecule has 0 aromatic carbocycles. The third kappa shape index (κ3) is 3.82. The molecule has 0 aliphatic heterocycles. The maximum atomic E-state index is 11.5. The summed E-state index contributed by atoms with van der Waals surface area (Å²) in [7, 11) is 1.59. The summed E-state index contributed by atoms with van der Waals surface area (Å²) in [5.41, 5.74) is 5.53. The van der Waals surface area contributed by atoms with Gasteiger partial charge in [0, 0.05) is 19.3 Å². The molecule has 7 heteroatoms. The number of carbonyl (C=O) groups excluding carboxylic acids is 1. The van der Waals surface area contributed by atoms with E-state index in [9.17, 15) is 4.79 Å². The molecule has 1 unspecified atom stereocenters. The van der Waals surface area contributed by atoms with Crippen LogP contribution in [0.1, 0.15) is 6.92 Å². The Balaban J connectivity index is 2.45. The molecule has 16 heavy (non-hydrogen) atoms. The molecule has 0 bridgehead atoms. The Hall–Kier alpha value is -1.08. The first-order valence-corrected chi connectivity index (χ1v) is 5.59. The number of carbonyl (C=O) groups is 1. The number of rotatable bonds is 5. The second-order valence-corrected chi connectivity index (χ2v) is 4.34. The minimum Gasteiger partial charge on any atom is -0.383 e. The highest BCUT2D eigenvalue weighted by molar-refractivity contribution is 9.10. The van der Waals surface area contributed by atoms with Gasteiger partial charge in [0.25, 0.3) is 0 Å². The molecule has 0 fully saturated rings. The molecule has 90 valence electrons. The largest absolute Gasteiger partial charge is 0.383 e. The molecule has 0 radical (unpaired) electrons. The minimum absolute atomic E-state index is 0.0196. The topological polar surface area (TPSA) is 82.2 Å². The lowest BCUT2D eigenvalue weighted by atomic mass is 10.3. The first-order chi connectivity index (χ1) is 7.52. The molecular weight excluding hydrogens is 276 g/mol. The summed E-state index contributed by atoms with van der Waals surface area (Å²) in [6.07, 6.45) is 1.66. The minimum atomic E-state index is -0.125. The van der Waals surface area contributed by atoms with Crippen LogP contribution in [0.3, 0.4) is 0 Å². The van der Waals surface area contributed by atoms with Crippen LogP contribution >= 0.6 is 15.9 Å². The van der Waals surface area contributed by atoms with Gasteiger partial charge in [0.2, 0.25) is 5.91 Å². The summed E-state index contributed by atoms with van der Waals surface area (Å²) < 4.78 is 7.08. The number of nitrogens with zero attached hydrogens (tertiary/aromatic N) is 2. The average Bonchev–Trinajstić information content (AvgIpc) is 2.45. The normalized spacial score (nSPS) is 12.4. The number of methoxy groups -OCH3 is 1. The van der Waals surface area contributed by atoms with Gasteiger partial charge in [0.05, 0.1) is 11.1 Å². The van der Waals surface area contributed by atoms with Crippen LogP contribution in [0.15, 0.2) is 10.7 Å². The van der Waals surface area contributed by atoms with Gasteiger partial charge in [0.15, 0.2) is 5.82 Å². The van der Waals surface area contributed by atoms with E-state index in [1.165, 1.54) is 4.68 Å². The fourth-order valence-electron chi connectivity index (χ4n) is 1.25. The van der Waals surface area contributed by atoms with Gasteiger partial charge in [-0.25, -0.2) is 0 Å². The Labute approximate surface area is 102 Å². The molecule has 1 rings (SSSR count). The number of ether oxygens (including phenoxy) is 1. The SMILES string of the molecule is COCC(C)NC(=O)Cn1cc(Br)c(N)n1. The van der Waals surface area contributed by atoms with E-state index in [0.29, 0.717) is 16.9 Å². The number of amides is 1. The quantitative estimate of drug-likeness (QED) is 0.821. The Morgan fingerprint density at radius 1 is 1.81 bits per heavy atom. The molecule has 6 nitrogen and oxygen atoms in total. The smallest absolute Gasteiger partial charge is 0.242 e. The molecule has 0 aliphatic rings. The predicted octanol–water partition coefficient (Wildman–Crippen LogP) is 0.379. The number of halogens is 1. The molecule has 1 aromatic heterocycles. The second kappa shape index (κ2) is 5.86. The van der Waals surface area contributed by atoms with Crippen molar-refractivity contribution >= 4 is 27.7 Å². The second-order valence-electron chi connectivity index (χ2n) is 3.48. The third-order valence-electron chi connectivity index (χ3n) is 1.87. The summed E-state index contributed by atoms with van der Waals surface area (Å²) >= 11 is 3.22. The number of hydrogen-bond acceptors (Lipinski definition) is 4. The van der Waals surface area contributed by atoms with E-state index in [1.807, 2.05) is 6.92 Å². The monoisotopic (exact) mass is 290 g/mol. The van der Waals surface area contributed by atoms with Crippen LogP contribution < -0.4 is 11.1 Å². The van der Waals surface area contributed by atoms with Crippen molar-refractivity contribution in [1.29, 1.82) is 0 Å². The molecule has 1 aromatic rings. The van der Waals surface area contributed by atoms with Crippen molar-refractivity contribution in [3.05, 3.63) is 10.7 Å². The van der Waals surface area contributed by atoms with Crippen LogP contribution in [0.2, 0.25) is 0 Å². The van der Waals surface area contributed by atoms with Crippen LogP contribution in [0.25, 0.3) is 0 Å². The lowest BCUT2D eigenvalue weighted by Crippen LogP contribution is -2.37. The maximum Gasteiger partial charge on any atom is 0.242 e. The molecule has 3 N–H and O–H groups in total. The highest BCUT2D eigenvalue weighted by Crippen LogP contribution is 2.15. The highest BCUT2D eigenvalue weighted by atomic mass is 79.9. The fourth-order valence-corrected chi connectivity index (χ4v) is 1.57. The average molecular weight is 291 g/mol. The molecule has 0 saturated heterocycles. The van der Waals surface area contributed by atoms with Gasteiger partial charge in [-0.05, 0) is 22.9 Å². The Kier molecular flexibility index (Phi) is 4.75. The van der Waals surface area contributed by atoms with Crippen molar-refractivity contribution in [2.75, 3.05) is 19.5 Å². The predicted molar refractivity (Wildman–Crippen MR) is 63.8 cm³/mol. The number of aromatic nitrogens is 2. The van der Waals surface area contributed by atoms with Crippen molar-refractivity contribution < 1.29 is 9.53 Å². The van der Waals surface area contributed by atoms with Crippen LogP contribution in [0, 0.1) is 0 Å². The van der Waals surface area contributed by atoms with E-state index < -0.39 is 0 Å². The summed E-state index contributed by atoms with van der Waals surface area (Å²) in [6, 6.07) is -0.0196. The highest BCUT2D eigenvalue weighted by Gasteiger charge is 2.09. The van der Waals surface area contributed by atoms with Gasteiger partial charge >= 0.3 is 0 Å². The van der Waals surface area contributed by atoms with Crippen LogP contribution in [-0.2, 0) is 16.1 Å². The van der Waals surface area contributed by atoms with Crippen molar-refractivity contribution in [3.63, 3.8) is 0 Å². The number of anilines is 1. The van der Waals surface area contributed by atoms with Gasteiger partial charge in [0.1, 0.15) is 6.54 Å². The van der Waals surface area contributed by atoms with Crippen molar-refractivity contribution in [2.45, 2.75) is 19.5 Å². The standard InChI is InChI=1S/C9H15BrN4O2/c1-6(5-16-2)12-8(15)4-14-3-7(10)9(11)13-14/h3,6H,4-5H2,1-2H3,(H2,11,13)(H,12,15). The molecule has 0 saturated carbocycles. The Bertz CT molecular complexity index is 347. The van der Waals surface area contributed by atoms with Crippen LogP contribution in [0.4, 0.5) is 5.82 Å². The summed E-state index contributed by atoms with van der Waals surface area (Å²) in [5, 5.41) is 6.74. The first kappa shape index (κ1) is 13.0. The fraction of sp³-hybridized carbons (Fsp3) is 0.556. The molecule has 1 heterocycles. The number of nitrogen functional groups attached to an aromatic ring is 1. The zero-order chi connectivity index (χ0) is 12.1. The van der Waals surface area contributed by atoms with Gasteiger partial charge in [-0.2, -0.15) is 5.10 Å². The lowest BCUT2D eigenvalue weighted by molar-refractivity contribution is -0.122. The van der Waals surface area contributed by atoms with Gasteiger partial charge < -0.3 is 15.8 Å². The van der Waals surface area contributed by atoms with Gasteiger partial charge in [-0.1, -0.05) is 0 Å². The van der Waals surface area contributed by atoms with Crippen molar-refractivity contribution in [3.8, 4) is 0 Å². The summed E-state index contributed by atoms with van der Waals surface area (Å²) in [6.45, 7) is 2.50. The maximum absolute atomic E-state index is 11.5. The lowest BCUT2D eigenvalue weighted by Gasteiger charge is -2.12. The molecule has 0 spiro atoms. The summed E-state index contributed by atoms with van der Waals surface area (Å²) in [4.78, 5) is 11.5. The molecular formula is C9H15BrN4O2. The van der Waals surface area contributed by atoms with E-state index in [2.05, 4.69) is 26.3 Å². The van der Waals surface area contributed by atoms with E-state index in [1.54, 1.807) is 13.3 Å². The zero-order valence-corrected chi connectivity index (χ0v) is 10.8. The number of nitrogens with one attached hydrogen (secondary N) is 1. The van der Waals surface area contributed by atoms with E-state index >= 15 is 0 Å². The van der Waals surface area contributed by atoms with Gasteiger partial charge in [-0.15, -0.1) is 0 Å². The Morgan fingerprint density at radius 3 is 3.00 bits per heavy atom. The van der Waals surface area contributed by atoms with Crippen molar-refractivity contribution in [1.82, 2.24) is 15.1 Å². The van der Waals surface area contributed by atoms with Crippen LogP contribution in [0.5, 0.6) is 0 Å². The van der Waals surface area contributed by atoms with E-state index in [-0.39, 0.29) is 18.5 Å². The zero-order valence-electron chi connectivity index (χ0n) is 9.24. The third-order valence-corrected chi connectivity index (χ3v) is 2.48. The number of nitrogens with two attached hydrogens (primary N) is 1. The van der Waals surface area contributed by atoms with Crippen LogP contribution in [-0.4, -0.2) is 35.4 Å². The molecule has 1 amide bonds. The summed E-state index contributed by atoms with van der Waals surface area (Å²) in [5.74, 6) is 0.247. The van der Waals surface area contributed by atoms with Gasteiger partial charge in [-0.3, -0.25) is 9.48 Å². The number of hydrogen-bond donors (Lipinski definition) is 2. The first-order valence-electron chi connectivity index (χ1n) is 4.79. The van der Waals surface area contributed by atoms with Crippen molar-refractivity contribution in [2.24, 2.45) is 0 Å². The van der Waals surface area contributed by atoms with E-state index in [4.69, 9.17) is 10.5 Å². The molecule has 1 atom stereocenters. The van der Waals surface area contributed by atoms with E-state index in [0.717, 1.165) is 0 Å². The molecule has 0 aliphatic carbocycles. The Morgan fingerprint density at radius 2 is 2.50 bits per heavy atom.